The van der Waals surface area contributed by atoms with E-state index in [2.05, 4.69) is 26.5 Å². The molecule has 0 spiro atoms. The molecule has 2 nitrogen and oxygen atoms in total. The molecule has 1 saturated heterocycles. The average molecular weight is 294 g/mol. The van der Waals surface area contributed by atoms with Gasteiger partial charge in [0.15, 0.2) is 6.29 Å². The maximum absolute atomic E-state index is 5.80. The Hall–Kier alpha value is -0.600. The average Bonchev–Trinajstić information content (AvgIpc) is 2.48. The quantitative estimate of drug-likeness (QED) is 0.363. The van der Waals surface area contributed by atoms with Gasteiger partial charge in [0.1, 0.15) is 0 Å². The Morgan fingerprint density at radius 2 is 2.19 bits per heavy atom. The topological polar surface area (TPSA) is 18.5 Å². The molecule has 2 atom stereocenters. The maximum atomic E-state index is 5.80. The molecule has 1 heterocycles. The molecule has 2 heteroatoms. The van der Waals surface area contributed by atoms with Gasteiger partial charge in [-0.25, -0.2) is 0 Å². The van der Waals surface area contributed by atoms with Crippen molar-refractivity contribution in [2.24, 2.45) is 5.92 Å². The Balaban J connectivity index is 1.98. The lowest BCUT2D eigenvalue weighted by Gasteiger charge is -2.23. The highest BCUT2D eigenvalue weighted by Crippen LogP contribution is 2.18. The molecular formula is C19H34O2. The lowest BCUT2D eigenvalue weighted by Crippen LogP contribution is -2.23. The van der Waals surface area contributed by atoms with Crippen molar-refractivity contribution in [2.75, 3.05) is 13.2 Å². The van der Waals surface area contributed by atoms with Crippen LogP contribution in [0.15, 0.2) is 24.3 Å². The lowest BCUT2D eigenvalue weighted by atomic mass is 9.98. The smallest absolute Gasteiger partial charge is 0.157 e. The van der Waals surface area contributed by atoms with Crippen molar-refractivity contribution in [1.82, 2.24) is 0 Å². The second-order valence-corrected chi connectivity index (χ2v) is 6.37. The molecule has 2 unspecified atom stereocenters. The largest absolute Gasteiger partial charge is 0.353 e. The van der Waals surface area contributed by atoms with Gasteiger partial charge in [0.05, 0.1) is 0 Å². The minimum atomic E-state index is 0.0704. The summed E-state index contributed by atoms with van der Waals surface area (Å²) in [6, 6.07) is 0. The second-order valence-electron chi connectivity index (χ2n) is 6.37. The molecule has 0 amide bonds. The first-order valence-electron chi connectivity index (χ1n) is 8.72. The van der Waals surface area contributed by atoms with Crippen molar-refractivity contribution in [3.63, 3.8) is 0 Å². The van der Waals surface area contributed by atoms with Crippen LogP contribution in [0.3, 0.4) is 0 Å². The number of hydrogen-bond donors (Lipinski definition) is 0. The summed E-state index contributed by atoms with van der Waals surface area (Å²) in [6.07, 6.45) is 15.1. The zero-order valence-electron chi connectivity index (χ0n) is 14.1. The summed E-state index contributed by atoms with van der Waals surface area (Å²) in [6.45, 7) is 10.1. The maximum Gasteiger partial charge on any atom is 0.157 e. The van der Waals surface area contributed by atoms with E-state index in [9.17, 15) is 0 Å². The summed E-state index contributed by atoms with van der Waals surface area (Å²) < 4.78 is 11.4. The van der Waals surface area contributed by atoms with Gasteiger partial charge in [0.2, 0.25) is 0 Å². The molecule has 122 valence electrons. The molecular weight excluding hydrogens is 260 g/mol. The number of allylic oxidation sites excluding steroid dienone is 3. The highest BCUT2D eigenvalue weighted by molar-refractivity contribution is 4.98. The van der Waals surface area contributed by atoms with E-state index in [0.29, 0.717) is 0 Å². The minimum Gasteiger partial charge on any atom is -0.353 e. The fourth-order valence-electron chi connectivity index (χ4n) is 2.67. The molecule has 1 fully saturated rings. The van der Waals surface area contributed by atoms with Gasteiger partial charge >= 0.3 is 0 Å². The minimum absolute atomic E-state index is 0.0704. The molecule has 0 saturated carbocycles. The lowest BCUT2D eigenvalue weighted by molar-refractivity contribution is -0.164. The van der Waals surface area contributed by atoms with Gasteiger partial charge in [-0.3, -0.25) is 0 Å². The van der Waals surface area contributed by atoms with Gasteiger partial charge in [-0.2, -0.15) is 0 Å². The zero-order chi connectivity index (χ0) is 15.3. The zero-order valence-corrected chi connectivity index (χ0v) is 14.1. The third-order valence-corrected chi connectivity index (χ3v) is 4.18. The van der Waals surface area contributed by atoms with Gasteiger partial charge in [-0.05, 0) is 64.2 Å². The molecule has 21 heavy (non-hydrogen) atoms. The van der Waals surface area contributed by atoms with E-state index >= 15 is 0 Å². The Kier molecular flexibility index (Phi) is 10.5. The fourth-order valence-corrected chi connectivity index (χ4v) is 2.67. The Morgan fingerprint density at radius 1 is 1.33 bits per heavy atom. The summed E-state index contributed by atoms with van der Waals surface area (Å²) in [5.41, 5.74) is 1.52. The fraction of sp³-hybridized carbons (Fsp3) is 0.789. The van der Waals surface area contributed by atoms with Crippen molar-refractivity contribution in [3.05, 3.63) is 24.3 Å². The molecule has 1 aliphatic rings. The van der Waals surface area contributed by atoms with Gasteiger partial charge in [0, 0.05) is 13.2 Å². The van der Waals surface area contributed by atoms with Crippen LogP contribution in [-0.4, -0.2) is 19.5 Å². The molecule has 0 N–H and O–H groups in total. The first kappa shape index (κ1) is 18.4. The van der Waals surface area contributed by atoms with Crippen LogP contribution in [0.25, 0.3) is 0 Å². The van der Waals surface area contributed by atoms with Gasteiger partial charge in [-0.1, -0.05) is 31.1 Å². The van der Waals surface area contributed by atoms with E-state index in [1.54, 1.807) is 0 Å². The SMILES string of the molecule is C=CCCC=C(C)CCCC(C)CCOC1CCCCO1. The van der Waals surface area contributed by atoms with Gasteiger partial charge in [0.25, 0.3) is 0 Å². The van der Waals surface area contributed by atoms with Crippen LogP contribution >= 0.6 is 0 Å². The summed E-state index contributed by atoms with van der Waals surface area (Å²) in [5.74, 6) is 0.745. The molecule has 1 rings (SSSR count). The van der Waals surface area contributed by atoms with Crippen molar-refractivity contribution >= 4 is 0 Å². The Labute approximate surface area is 131 Å². The van der Waals surface area contributed by atoms with Gasteiger partial charge < -0.3 is 9.47 Å². The Morgan fingerprint density at radius 3 is 2.90 bits per heavy atom. The van der Waals surface area contributed by atoms with Crippen molar-refractivity contribution < 1.29 is 9.47 Å². The number of rotatable bonds is 11. The third-order valence-electron chi connectivity index (χ3n) is 4.18. The van der Waals surface area contributed by atoms with E-state index in [0.717, 1.165) is 44.8 Å². The normalized spacial score (nSPS) is 21.2. The molecule has 0 aromatic carbocycles. The van der Waals surface area contributed by atoms with Crippen LogP contribution in [0.1, 0.15) is 71.6 Å². The van der Waals surface area contributed by atoms with Crippen LogP contribution < -0.4 is 0 Å². The summed E-state index contributed by atoms with van der Waals surface area (Å²) in [4.78, 5) is 0. The summed E-state index contributed by atoms with van der Waals surface area (Å²) in [7, 11) is 0. The number of ether oxygens (including phenoxy) is 2. The molecule has 0 aromatic rings. The third kappa shape index (κ3) is 9.87. The number of hydrogen-bond acceptors (Lipinski definition) is 2. The van der Waals surface area contributed by atoms with Crippen molar-refractivity contribution in [2.45, 2.75) is 77.9 Å². The standard InChI is InChI=1S/C19H34O2/c1-4-5-6-10-17(2)11-9-12-18(3)14-16-21-19-13-7-8-15-20-19/h4,10,18-19H,1,5-9,11-16H2,2-3H3. The molecule has 0 bridgehead atoms. The second kappa shape index (κ2) is 12.0. The highest BCUT2D eigenvalue weighted by atomic mass is 16.7. The van der Waals surface area contributed by atoms with E-state index in [4.69, 9.17) is 9.47 Å². The first-order chi connectivity index (χ1) is 10.2. The van der Waals surface area contributed by atoms with Crippen LogP contribution in [0.2, 0.25) is 0 Å². The molecule has 0 aliphatic carbocycles. The molecule has 0 radical (unpaired) electrons. The monoisotopic (exact) mass is 294 g/mol. The van der Waals surface area contributed by atoms with Crippen molar-refractivity contribution in [3.8, 4) is 0 Å². The Bertz CT molecular complexity index is 290. The highest BCUT2D eigenvalue weighted by Gasteiger charge is 2.14. The van der Waals surface area contributed by atoms with E-state index in [-0.39, 0.29) is 6.29 Å². The van der Waals surface area contributed by atoms with E-state index < -0.39 is 0 Å². The van der Waals surface area contributed by atoms with E-state index in [1.165, 1.54) is 37.7 Å². The van der Waals surface area contributed by atoms with E-state index in [1.807, 2.05) is 6.08 Å². The van der Waals surface area contributed by atoms with Crippen LogP contribution in [-0.2, 0) is 9.47 Å². The first-order valence-corrected chi connectivity index (χ1v) is 8.72. The number of unbranched alkanes of at least 4 members (excludes halogenated alkanes) is 1. The summed E-state index contributed by atoms with van der Waals surface area (Å²) >= 11 is 0. The summed E-state index contributed by atoms with van der Waals surface area (Å²) in [5, 5.41) is 0. The molecule has 1 aliphatic heterocycles. The molecule has 0 aromatic heterocycles. The van der Waals surface area contributed by atoms with Gasteiger partial charge in [-0.15, -0.1) is 6.58 Å². The van der Waals surface area contributed by atoms with Crippen LogP contribution in [0.5, 0.6) is 0 Å². The van der Waals surface area contributed by atoms with Crippen LogP contribution in [0, 0.1) is 5.92 Å². The predicted octanol–water partition coefficient (Wildman–Crippen LogP) is 5.64. The van der Waals surface area contributed by atoms with Crippen molar-refractivity contribution in [1.29, 1.82) is 0 Å². The van der Waals surface area contributed by atoms with Crippen LogP contribution in [0.4, 0.5) is 0 Å². The predicted molar refractivity (Wildman–Crippen MR) is 90.4 cm³/mol.